The average molecular weight is 301 g/mol. The number of benzene rings is 1. The van der Waals surface area contributed by atoms with Crippen molar-refractivity contribution in [1.82, 2.24) is 4.98 Å². The van der Waals surface area contributed by atoms with Crippen LogP contribution in [0.4, 0.5) is 10.2 Å². The first-order valence-electron chi connectivity index (χ1n) is 5.51. The monoisotopic (exact) mass is 300 g/mol. The van der Waals surface area contributed by atoms with Crippen LogP contribution < -0.4 is 10.5 Å². The van der Waals surface area contributed by atoms with Crippen molar-refractivity contribution >= 4 is 29.0 Å². The maximum Gasteiger partial charge on any atom is 0.166 e. The third-order valence-electron chi connectivity index (χ3n) is 2.59. The van der Waals surface area contributed by atoms with Gasteiger partial charge in [0.1, 0.15) is 11.9 Å². The molecule has 6 heteroatoms. The van der Waals surface area contributed by atoms with Crippen LogP contribution in [-0.2, 0) is 0 Å². The molecule has 1 aromatic heterocycles. The van der Waals surface area contributed by atoms with E-state index in [9.17, 15) is 4.39 Å². The summed E-state index contributed by atoms with van der Waals surface area (Å²) in [4.78, 5) is 3.90. The fourth-order valence-corrected chi connectivity index (χ4v) is 2.35. The lowest BCUT2D eigenvalue weighted by atomic mass is 10.1. The van der Waals surface area contributed by atoms with E-state index in [4.69, 9.17) is 33.7 Å². The zero-order valence-electron chi connectivity index (χ0n) is 10.0. The van der Waals surface area contributed by atoms with Crippen LogP contribution in [0, 0.1) is 5.82 Å². The van der Waals surface area contributed by atoms with E-state index < -0.39 is 11.9 Å². The Labute approximate surface area is 120 Å². The highest BCUT2D eigenvalue weighted by Crippen LogP contribution is 2.35. The quantitative estimate of drug-likeness (QED) is 0.862. The van der Waals surface area contributed by atoms with Gasteiger partial charge in [0.25, 0.3) is 0 Å². The minimum absolute atomic E-state index is 0.0533. The number of halogens is 3. The first-order valence-corrected chi connectivity index (χ1v) is 6.27. The van der Waals surface area contributed by atoms with Gasteiger partial charge in [-0.15, -0.1) is 0 Å². The summed E-state index contributed by atoms with van der Waals surface area (Å²) >= 11 is 11.9. The second-order valence-electron chi connectivity index (χ2n) is 3.90. The fraction of sp³-hybridized carbons (Fsp3) is 0.154. The second kappa shape index (κ2) is 5.63. The van der Waals surface area contributed by atoms with Crippen molar-refractivity contribution in [3.63, 3.8) is 0 Å². The number of nitrogen functional groups attached to an aromatic ring is 1. The molecule has 19 heavy (non-hydrogen) atoms. The second-order valence-corrected chi connectivity index (χ2v) is 4.69. The molecule has 1 aromatic carbocycles. The summed E-state index contributed by atoms with van der Waals surface area (Å²) in [5.74, 6) is 0.0973. The maximum absolute atomic E-state index is 13.5. The molecule has 0 amide bonds. The molecule has 1 atom stereocenters. The van der Waals surface area contributed by atoms with Gasteiger partial charge in [-0.1, -0.05) is 23.2 Å². The molecule has 0 aliphatic heterocycles. The molecule has 0 spiro atoms. The Morgan fingerprint density at radius 3 is 2.74 bits per heavy atom. The van der Waals surface area contributed by atoms with E-state index in [-0.39, 0.29) is 10.8 Å². The van der Waals surface area contributed by atoms with Gasteiger partial charge in [0, 0.05) is 16.8 Å². The molecule has 0 radical (unpaired) electrons. The topological polar surface area (TPSA) is 48.1 Å². The SMILES string of the molecule is C[C@@H](Oc1cccnc1N)c1c(Cl)ccc(F)c1Cl. The lowest BCUT2D eigenvalue weighted by Crippen LogP contribution is -2.07. The average Bonchev–Trinajstić information content (AvgIpc) is 2.37. The van der Waals surface area contributed by atoms with Crippen LogP contribution in [0.1, 0.15) is 18.6 Å². The minimum Gasteiger partial charge on any atom is -0.482 e. The molecule has 2 aromatic rings. The van der Waals surface area contributed by atoms with E-state index in [1.54, 1.807) is 25.3 Å². The molecule has 2 N–H and O–H groups in total. The van der Waals surface area contributed by atoms with Gasteiger partial charge < -0.3 is 10.5 Å². The smallest absolute Gasteiger partial charge is 0.166 e. The van der Waals surface area contributed by atoms with Crippen LogP contribution in [0.25, 0.3) is 0 Å². The Hall–Kier alpha value is -1.52. The lowest BCUT2D eigenvalue weighted by Gasteiger charge is -2.18. The van der Waals surface area contributed by atoms with Crippen molar-refractivity contribution in [2.75, 3.05) is 5.73 Å². The Morgan fingerprint density at radius 1 is 1.32 bits per heavy atom. The molecule has 0 fully saturated rings. The molecule has 3 nitrogen and oxygen atoms in total. The minimum atomic E-state index is -0.554. The number of rotatable bonds is 3. The van der Waals surface area contributed by atoms with Crippen molar-refractivity contribution < 1.29 is 9.13 Å². The van der Waals surface area contributed by atoms with Crippen LogP contribution >= 0.6 is 23.2 Å². The fourth-order valence-electron chi connectivity index (χ4n) is 1.67. The molecule has 0 unspecified atom stereocenters. The van der Waals surface area contributed by atoms with Crippen LogP contribution in [-0.4, -0.2) is 4.98 Å². The Morgan fingerprint density at radius 2 is 2.05 bits per heavy atom. The van der Waals surface area contributed by atoms with Crippen LogP contribution in [0.5, 0.6) is 5.75 Å². The van der Waals surface area contributed by atoms with Gasteiger partial charge in [-0.05, 0) is 31.2 Å². The van der Waals surface area contributed by atoms with Crippen molar-refractivity contribution in [3.8, 4) is 5.75 Å². The summed E-state index contributed by atoms with van der Waals surface area (Å²) in [6.45, 7) is 1.71. The number of aromatic nitrogens is 1. The standard InChI is InChI=1S/C13H11Cl2FN2O/c1-7(19-10-3-2-6-18-13(10)17)11-8(14)4-5-9(16)12(11)15/h2-7H,1H3,(H2,17,18)/t7-/m1/s1. The van der Waals surface area contributed by atoms with Gasteiger partial charge in [-0.3, -0.25) is 0 Å². The van der Waals surface area contributed by atoms with Gasteiger partial charge >= 0.3 is 0 Å². The molecule has 0 saturated heterocycles. The Bertz CT molecular complexity index is 607. The van der Waals surface area contributed by atoms with E-state index >= 15 is 0 Å². The Balaban J connectivity index is 2.33. The number of pyridine rings is 1. The predicted octanol–water partition coefficient (Wildman–Crippen LogP) is 4.25. The van der Waals surface area contributed by atoms with Gasteiger partial charge in [0.15, 0.2) is 11.6 Å². The summed E-state index contributed by atoms with van der Waals surface area (Å²) < 4.78 is 19.1. The zero-order valence-corrected chi connectivity index (χ0v) is 11.5. The van der Waals surface area contributed by atoms with E-state index in [0.717, 1.165) is 0 Å². The first-order chi connectivity index (χ1) is 9.00. The molecule has 100 valence electrons. The van der Waals surface area contributed by atoms with Crippen molar-refractivity contribution in [1.29, 1.82) is 0 Å². The zero-order chi connectivity index (χ0) is 14.0. The number of hydrogen-bond donors (Lipinski definition) is 1. The number of nitrogens with two attached hydrogens (primary N) is 1. The van der Waals surface area contributed by atoms with E-state index in [1.165, 1.54) is 12.1 Å². The van der Waals surface area contributed by atoms with Crippen LogP contribution in [0.3, 0.4) is 0 Å². The molecule has 0 saturated carbocycles. The summed E-state index contributed by atoms with van der Waals surface area (Å²) in [7, 11) is 0. The molecular formula is C13H11Cl2FN2O. The highest BCUT2D eigenvalue weighted by molar-refractivity contribution is 6.36. The van der Waals surface area contributed by atoms with Gasteiger partial charge in [-0.2, -0.15) is 0 Å². The van der Waals surface area contributed by atoms with Crippen LogP contribution in [0.15, 0.2) is 30.5 Å². The van der Waals surface area contributed by atoms with Crippen molar-refractivity contribution in [3.05, 3.63) is 51.9 Å². The summed E-state index contributed by atoms with van der Waals surface area (Å²) in [5, 5.41) is 0.281. The summed E-state index contributed by atoms with van der Waals surface area (Å²) in [6.07, 6.45) is 0.997. The van der Waals surface area contributed by atoms with E-state index in [2.05, 4.69) is 4.98 Å². The van der Waals surface area contributed by atoms with Gasteiger partial charge in [0.2, 0.25) is 0 Å². The van der Waals surface area contributed by atoms with Crippen molar-refractivity contribution in [2.24, 2.45) is 0 Å². The summed E-state index contributed by atoms with van der Waals surface area (Å²) in [6, 6.07) is 6.00. The summed E-state index contributed by atoms with van der Waals surface area (Å²) in [5.41, 5.74) is 6.06. The van der Waals surface area contributed by atoms with E-state index in [0.29, 0.717) is 16.3 Å². The van der Waals surface area contributed by atoms with Gasteiger partial charge in [-0.25, -0.2) is 9.37 Å². The van der Waals surface area contributed by atoms with Crippen molar-refractivity contribution in [2.45, 2.75) is 13.0 Å². The highest BCUT2D eigenvalue weighted by atomic mass is 35.5. The largest absolute Gasteiger partial charge is 0.482 e. The number of hydrogen-bond acceptors (Lipinski definition) is 3. The third kappa shape index (κ3) is 2.91. The Kier molecular flexibility index (Phi) is 4.12. The lowest BCUT2D eigenvalue weighted by molar-refractivity contribution is 0.227. The third-order valence-corrected chi connectivity index (χ3v) is 3.30. The van der Waals surface area contributed by atoms with Crippen LogP contribution in [0.2, 0.25) is 10.0 Å². The number of ether oxygens (including phenoxy) is 1. The molecule has 1 heterocycles. The highest BCUT2D eigenvalue weighted by Gasteiger charge is 2.19. The normalized spacial score (nSPS) is 12.2. The number of anilines is 1. The molecule has 2 rings (SSSR count). The first kappa shape index (κ1) is 13.9. The molecular weight excluding hydrogens is 290 g/mol. The maximum atomic E-state index is 13.5. The molecule has 0 bridgehead atoms. The van der Waals surface area contributed by atoms with E-state index in [1.807, 2.05) is 0 Å². The number of nitrogens with zero attached hydrogens (tertiary/aromatic N) is 1. The molecule has 0 aliphatic rings. The van der Waals surface area contributed by atoms with Gasteiger partial charge in [0.05, 0.1) is 5.02 Å². The predicted molar refractivity (Wildman–Crippen MR) is 74.1 cm³/mol. The molecule has 0 aliphatic carbocycles.